The lowest BCUT2D eigenvalue weighted by Crippen LogP contribution is -2.21. The summed E-state index contributed by atoms with van der Waals surface area (Å²) in [6.07, 6.45) is 0. The van der Waals surface area contributed by atoms with Crippen molar-refractivity contribution >= 4 is 40.8 Å². The zero-order chi connectivity index (χ0) is 17.7. The molecule has 0 saturated heterocycles. The van der Waals surface area contributed by atoms with Crippen LogP contribution in [0.4, 0.5) is 10.1 Å². The highest BCUT2D eigenvalue weighted by Crippen LogP contribution is 2.24. The normalized spacial score (nSPS) is 10.2. The van der Waals surface area contributed by atoms with E-state index in [1.165, 1.54) is 25.3 Å². The van der Waals surface area contributed by atoms with Gasteiger partial charge in [0.15, 0.2) is 6.61 Å². The lowest BCUT2D eigenvalue weighted by Gasteiger charge is -2.10. The van der Waals surface area contributed by atoms with Gasteiger partial charge in [0.05, 0.1) is 17.8 Å². The van der Waals surface area contributed by atoms with Crippen molar-refractivity contribution in [2.24, 2.45) is 0 Å². The van der Waals surface area contributed by atoms with Crippen molar-refractivity contribution in [2.45, 2.75) is 0 Å². The second-order valence-corrected chi connectivity index (χ2v) is 5.44. The first-order valence-corrected chi connectivity index (χ1v) is 7.42. The molecule has 0 bridgehead atoms. The average Bonchev–Trinajstić information content (AvgIpc) is 2.56. The maximum absolute atomic E-state index is 13.1. The molecule has 0 heterocycles. The molecule has 1 N–H and O–H groups in total. The molecule has 2 aromatic rings. The Balaban J connectivity index is 2.00. The van der Waals surface area contributed by atoms with E-state index in [1.807, 2.05) is 0 Å². The van der Waals surface area contributed by atoms with Crippen LogP contribution in [0.5, 0.6) is 5.75 Å². The predicted octanol–water partition coefficient (Wildman–Crippen LogP) is 3.94. The molecular formula is C16H12Cl2FNO4. The summed E-state index contributed by atoms with van der Waals surface area (Å²) in [5.74, 6) is -1.75. The van der Waals surface area contributed by atoms with Crippen LogP contribution in [0.25, 0.3) is 0 Å². The Morgan fingerprint density at radius 3 is 2.62 bits per heavy atom. The molecule has 0 atom stereocenters. The molecule has 0 radical (unpaired) electrons. The molecule has 0 spiro atoms. The van der Waals surface area contributed by atoms with Gasteiger partial charge in [-0.25, -0.2) is 9.18 Å². The fraction of sp³-hybridized carbons (Fsp3) is 0.125. The van der Waals surface area contributed by atoms with Gasteiger partial charge in [0, 0.05) is 5.02 Å². The molecule has 0 saturated carbocycles. The van der Waals surface area contributed by atoms with Gasteiger partial charge in [0.1, 0.15) is 17.1 Å². The molecule has 0 unspecified atom stereocenters. The quantitative estimate of drug-likeness (QED) is 0.808. The third-order valence-corrected chi connectivity index (χ3v) is 3.48. The second-order valence-electron chi connectivity index (χ2n) is 4.59. The summed E-state index contributed by atoms with van der Waals surface area (Å²) in [4.78, 5) is 23.8. The number of carbonyl (C=O) groups is 2. The lowest BCUT2D eigenvalue weighted by atomic mass is 10.2. The first kappa shape index (κ1) is 18.0. The summed E-state index contributed by atoms with van der Waals surface area (Å²) < 4.78 is 23.1. The van der Waals surface area contributed by atoms with Gasteiger partial charge in [-0.05, 0) is 36.4 Å². The van der Waals surface area contributed by atoms with E-state index < -0.39 is 24.3 Å². The summed E-state index contributed by atoms with van der Waals surface area (Å²) in [6, 6.07) is 7.94. The van der Waals surface area contributed by atoms with E-state index in [-0.39, 0.29) is 22.0 Å². The minimum absolute atomic E-state index is 0.0815. The molecule has 0 aliphatic rings. The maximum atomic E-state index is 13.1. The average molecular weight is 372 g/mol. The zero-order valence-corrected chi connectivity index (χ0v) is 13.9. The van der Waals surface area contributed by atoms with Crippen molar-refractivity contribution in [1.82, 2.24) is 0 Å². The zero-order valence-electron chi connectivity index (χ0n) is 12.4. The van der Waals surface area contributed by atoms with Crippen LogP contribution in [0.15, 0.2) is 36.4 Å². The van der Waals surface area contributed by atoms with Crippen molar-refractivity contribution in [2.75, 3.05) is 19.0 Å². The number of hydrogen-bond donors (Lipinski definition) is 1. The minimum atomic E-state index is -0.783. The number of hydrogen-bond acceptors (Lipinski definition) is 4. The molecule has 0 aliphatic carbocycles. The number of anilines is 1. The van der Waals surface area contributed by atoms with E-state index >= 15 is 0 Å². The number of nitrogens with one attached hydrogen (secondary N) is 1. The number of amides is 1. The van der Waals surface area contributed by atoms with Crippen molar-refractivity contribution in [1.29, 1.82) is 0 Å². The Morgan fingerprint density at radius 1 is 1.17 bits per heavy atom. The maximum Gasteiger partial charge on any atom is 0.342 e. The molecule has 2 rings (SSSR count). The van der Waals surface area contributed by atoms with Gasteiger partial charge in [0.25, 0.3) is 5.91 Å². The van der Waals surface area contributed by atoms with Crippen LogP contribution in [-0.2, 0) is 9.53 Å². The Morgan fingerprint density at radius 2 is 1.92 bits per heavy atom. The summed E-state index contributed by atoms with van der Waals surface area (Å²) >= 11 is 11.7. The molecule has 5 nitrogen and oxygen atoms in total. The van der Waals surface area contributed by atoms with Crippen LogP contribution in [0.3, 0.4) is 0 Å². The first-order valence-electron chi connectivity index (χ1n) is 6.66. The molecule has 0 aliphatic heterocycles. The minimum Gasteiger partial charge on any atom is -0.496 e. The number of halogens is 3. The van der Waals surface area contributed by atoms with Crippen LogP contribution in [0.2, 0.25) is 10.0 Å². The molecule has 2 aromatic carbocycles. The predicted molar refractivity (Wildman–Crippen MR) is 88.3 cm³/mol. The number of benzene rings is 2. The van der Waals surface area contributed by atoms with Crippen molar-refractivity contribution in [3.63, 3.8) is 0 Å². The Kier molecular flexibility index (Phi) is 6.00. The number of esters is 1. The monoisotopic (exact) mass is 371 g/mol. The van der Waals surface area contributed by atoms with Crippen LogP contribution in [0.1, 0.15) is 10.4 Å². The summed E-state index contributed by atoms with van der Waals surface area (Å²) in [7, 11) is 1.39. The van der Waals surface area contributed by atoms with Crippen LogP contribution >= 0.6 is 23.2 Å². The van der Waals surface area contributed by atoms with Crippen molar-refractivity contribution < 1.29 is 23.5 Å². The Hall–Kier alpha value is -2.31. The highest BCUT2D eigenvalue weighted by atomic mass is 35.5. The van der Waals surface area contributed by atoms with E-state index in [2.05, 4.69) is 5.32 Å². The number of carbonyl (C=O) groups excluding carboxylic acids is 2. The van der Waals surface area contributed by atoms with Gasteiger partial charge in [-0.15, -0.1) is 0 Å². The SMILES string of the molecule is COc1ccc(Cl)cc1C(=O)OCC(=O)Nc1cc(F)ccc1Cl. The second kappa shape index (κ2) is 7.99. The molecule has 1 amide bonds. The van der Waals surface area contributed by atoms with E-state index in [4.69, 9.17) is 32.7 Å². The third-order valence-electron chi connectivity index (χ3n) is 2.92. The van der Waals surface area contributed by atoms with E-state index in [9.17, 15) is 14.0 Å². The first-order chi connectivity index (χ1) is 11.4. The van der Waals surface area contributed by atoms with Crippen molar-refractivity contribution in [3.8, 4) is 5.75 Å². The van der Waals surface area contributed by atoms with Crippen molar-refractivity contribution in [3.05, 3.63) is 57.8 Å². The molecule has 24 heavy (non-hydrogen) atoms. The van der Waals surface area contributed by atoms with E-state index in [1.54, 1.807) is 6.07 Å². The van der Waals surface area contributed by atoms with Gasteiger partial charge in [0.2, 0.25) is 0 Å². The lowest BCUT2D eigenvalue weighted by molar-refractivity contribution is -0.119. The number of methoxy groups -OCH3 is 1. The van der Waals surface area contributed by atoms with Gasteiger partial charge in [-0.3, -0.25) is 4.79 Å². The smallest absolute Gasteiger partial charge is 0.342 e. The third kappa shape index (κ3) is 4.59. The highest BCUT2D eigenvalue weighted by Gasteiger charge is 2.16. The topological polar surface area (TPSA) is 64.6 Å². The fourth-order valence-corrected chi connectivity index (χ4v) is 2.17. The standard InChI is InChI=1S/C16H12Cl2FNO4/c1-23-14-5-2-9(17)6-11(14)16(22)24-8-15(21)20-13-7-10(19)3-4-12(13)18/h2-7H,8H2,1H3,(H,20,21). The fourth-order valence-electron chi connectivity index (χ4n) is 1.83. The summed E-state index contributed by atoms with van der Waals surface area (Å²) in [5, 5.41) is 2.83. The van der Waals surface area contributed by atoms with Gasteiger partial charge >= 0.3 is 5.97 Å². The Labute approximate surface area is 147 Å². The molecule has 8 heteroatoms. The number of ether oxygens (including phenoxy) is 2. The van der Waals surface area contributed by atoms with Crippen LogP contribution < -0.4 is 10.1 Å². The van der Waals surface area contributed by atoms with Crippen LogP contribution in [0, 0.1) is 5.82 Å². The van der Waals surface area contributed by atoms with Gasteiger partial charge in [-0.2, -0.15) is 0 Å². The highest BCUT2D eigenvalue weighted by molar-refractivity contribution is 6.33. The molecule has 0 fully saturated rings. The van der Waals surface area contributed by atoms with E-state index in [0.717, 1.165) is 12.1 Å². The summed E-state index contributed by atoms with van der Waals surface area (Å²) in [6.45, 7) is -0.582. The summed E-state index contributed by atoms with van der Waals surface area (Å²) in [5.41, 5.74) is 0.166. The molecule has 0 aromatic heterocycles. The largest absolute Gasteiger partial charge is 0.496 e. The van der Waals surface area contributed by atoms with Gasteiger partial charge < -0.3 is 14.8 Å². The van der Waals surface area contributed by atoms with E-state index in [0.29, 0.717) is 5.02 Å². The van der Waals surface area contributed by atoms with Gasteiger partial charge in [-0.1, -0.05) is 23.2 Å². The molecular weight excluding hydrogens is 360 g/mol. The van der Waals surface area contributed by atoms with Crippen LogP contribution in [-0.4, -0.2) is 25.6 Å². The number of rotatable bonds is 5. The molecule has 126 valence electrons. The Bertz CT molecular complexity index is 783.